The summed E-state index contributed by atoms with van der Waals surface area (Å²) in [5, 5.41) is 14.1. The number of benzene rings is 1. The molecule has 3 heterocycles. The number of aromatic amines is 1. The molecule has 0 saturated heterocycles. The van der Waals surface area contributed by atoms with Crippen molar-refractivity contribution in [2.45, 2.75) is 32.4 Å². The predicted octanol–water partition coefficient (Wildman–Crippen LogP) is 1.67. The van der Waals surface area contributed by atoms with Crippen molar-refractivity contribution in [2.24, 2.45) is 0 Å². The molecule has 0 fully saturated rings. The van der Waals surface area contributed by atoms with Crippen LogP contribution in [0.3, 0.4) is 0 Å². The first-order valence-corrected chi connectivity index (χ1v) is 9.20. The van der Waals surface area contributed by atoms with Crippen LogP contribution in [0.15, 0.2) is 35.3 Å². The quantitative estimate of drug-likeness (QED) is 0.636. The zero-order valence-electron chi connectivity index (χ0n) is 15.8. The number of carbonyl (C=O) groups excluding carboxylic acids is 1. The second-order valence-electron chi connectivity index (χ2n) is 7.31. The van der Waals surface area contributed by atoms with Gasteiger partial charge in [0.15, 0.2) is 5.69 Å². The van der Waals surface area contributed by atoms with Gasteiger partial charge in [-0.05, 0) is 31.9 Å². The summed E-state index contributed by atoms with van der Waals surface area (Å²) >= 11 is 0. The molecule has 8 nitrogen and oxygen atoms in total. The number of aromatic nitrogens is 3. The molecule has 0 aliphatic carbocycles. The van der Waals surface area contributed by atoms with Crippen LogP contribution in [0, 0.1) is 0 Å². The van der Waals surface area contributed by atoms with Crippen LogP contribution in [0.25, 0.3) is 10.9 Å². The van der Waals surface area contributed by atoms with Gasteiger partial charge in [0, 0.05) is 23.6 Å². The molecule has 28 heavy (non-hydrogen) atoms. The number of amides is 1. The van der Waals surface area contributed by atoms with E-state index >= 15 is 0 Å². The standard InChI is InChI=1S/C20H22N4O4/c1-20(2)19-23-15(16(25)18(27)24(19)9-10-28-20)17(26)21-8-7-12-11-22-14-6-4-3-5-13(12)14/h3-6,11,22,25H,7-10H2,1-2H3,(H,21,26). The topological polar surface area (TPSA) is 109 Å². The lowest BCUT2D eigenvalue weighted by Gasteiger charge is -2.32. The minimum Gasteiger partial charge on any atom is -0.501 e. The molecule has 3 N–H and O–H groups in total. The lowest BCUT2D eigenvalue weighted by Crippen LogP contribution is -2.42. The first kappa shape index (κ1) is 18.2. The molecule has 1 aliphatic heterocycles. The van der Waals surface area contributed by atoms with Gasteiger partial charge in [-0.25, -0.2) is 4.98 Å². The summed E-state index contributed by atoms with van der Waals surface area (Å²) in [4.78, 5) is 32.5. The third-order valence-electron chi connectivity index (χ3n) is 5.03. The largest absolute Gasteiger partial charge is 0.501 e. The Morgan fingerprint density at radius 1 is 1.39 bits per heavy atom. The smallest absolute Gasteiger partial charge is 0.296 e. The summed E-state index contributed by atoms with van der Waals surface area (Å²) in [7, 11) is 0. The molecule has 0 radical (unpaired) electrons. The van der Waals surface area contributed by atoms with Crippen LogP contribution in [0.1, 0.15) is 35.7 Å². The molecule has 0 atom stereocenters. The van der Waals surface area contributed by atoms with Gasteiger partial charge in [0.05, 0.1) is 13.2 Å². The Hall–Kier alpha value is -3.13. The number of para-hydroxylation sites is 1. The second-order valence-corrected chi connectivity index (χ2v) is 7.31. The third kappa shape index (κ3) is 3.05. The lowest BCUT2D eigenvalue weighted by molar-refractivity contribution is -0.0566. The molecule has 1 aromatic carbocycles. The maximum Gasteiger partial charge on any atom is 0.296 e. The van der Waals surface area contributed by atoms with E-state index in [9.17, 15) is 14.7 Å². The average Bonchev–Trinajstić information content (AvgIpc) is 3.08. The summed E-state index contributed by atoms with van der Waals surface area (Å²) in [6, 6.07) is 7.93. The number of rotatable bonds is 4. The van der Waals surface area contributed by atoms with Gasteiger partial charge in [0.25, 0.3) is 11.5 Å². The normalized spacial score (nSPS) is 15.4. The molecule has 0 bridgehead atoms. The van der Waals surface area contributed by atoms with Crippen LogP contribution in [-0.2, 0) is 23.3 Å². The fraction of sp³-hybridized carbons (Fsp3) is 0.350. The van der Waals surface area contributed by atoms with Gasteiger partial charge in [-0.3, -0.25) is 14.2 Å². The Labute approximate surface area is 161 Å². The molecule has 2 aromatic heterocycles. The molecular formula is C20H22N4O4. The summed E-state index contributed by atoms with van der Waals surface area (Å²) in [5.74, 6) is -0.881. The average molecular weight is 382 g/mol. The number of ether oxygens (including phenoxy) is 1. The zero-order chi connectivity index (χ0) is 19.9. The van der Waals surface area contributed by atoms with Crippen molar-refractivity contribution < 1.29 is 14.6 Å². The van der Waals surface area contributed by atoms with E-state index in [2.05, 4.69) is 15.3 Å². The van der Waals surface area contributed by atoms with Crippen LogP contribution in [0.2, 0.25) is 0 Å². The molecule has 0 spiro atoms. The molecule has 0 unspecified atom stereocenters. The number of fused-ring (bicyclic) bond motifs is 2. The fourth-order valence-corrected chi connectivity index (χ4v) is 3.56. The number of nitrogens with one attached hydrogen (secondary N) is 2. The highest BCUT2D eigenvalue weighted by Crippen LogP contribution is 2.27. The zero-order valence-corrected chi connectivity index (χ0v) is 15.8. The minimum absolute atomic E-state index is 0.270. The second kappa shape index (κ2) is 6.79. The highest BCUT2D eigenvalue weighted by Gasteiger charge is 2.34. The first-order valence-electron chi connectivity index (χ1n) is 9.20. The van der Waals surface area contributed by atoms with Crippen LogP contribution < -0.4 is 10.9 Å². The van der Waals surface area contributed by atoms with Crippen molar-refractivity contribution in [3.05, 3.63) is 57.9 Å². The highest BCUT2D eigenvalue weighted by molar-refractivity contribution is 5.94. The van der Waals surface area contributed by atoms with Crippen molar-refractivity contribution in [1.82, 2.24) is 19.9 Å². The van der Waals surface area contributed by atoms with Gasteiger partial charge in [0.1, 0.15) is 11.4 Å². The molecule has 0 saturated carbocycles. The van der Waals surface area contributed by atoms with E-state index in [4.69, 9.17) is 4.74 Å². The number of carbonyl (C=O) groups is 1. The van der Waals surface area contributed by atoms with Gasteiger partial charge < -0.3 is 20.1 Å². The maximum atomic E-state index is 12.6. The third-order valence-corrected chi connectivity index (χ3v) is 5.03. The first-order chi connectivity index (χ1) is 13.4. The molecule has 4 rings (SSSR count). The highest BCUT2D eigenvalue weighted by atomic mass is 16.5. The molecule has 1 amide bonds. The van der Waals surface area contributed by atoms with E-state index < -0.39 is 22.8 Å². The fourth-order valence-electron chi connectivity index (χ4n) is 3.56. The molecule has 3 aromatic rings. The van der Waals surface area contributed by atoms with E-state index in [1.807, 2.05) is 30.5 Å². The Morgan fingerprint density at radius 3 is 3.00 bits per heavy atom. The number of aromatic hydroxyl groups is 1. The molecule has 146 valence electrons. The van der Waals surface area contributed by atoms with E-state index in [0.29, 0.717) is 31.9 Å². The number of H-pyrrole nitrogens is 1. The van der Waals surface area contributed by atoms with Crippen LogP contribution in [0.4, 0.5) is 0 Å². The summed E-state index contributed by atoms with van der Waals surface area (Å²) in [6.07, 6.45) is 2.52. The molecule has 8 heteroatoms. The van der Waals surface area contributed by atoms with Crippen LogP contribution >= 0.6 is 0 Å². The summed E-state index contributed by atoms with van der Waals surface area (Å²) in [6.45, 7) is 4.54. The van der Waals surface area contributed by atoms with E-state index in [1.54, 1.807) is 13.8 Å². The van der Waals surface area contributed by atoms with Gasteiger partial charge >= 0.3 is 0 Å². The number of hydrogen-bond donors (Lipinski definition) is 3. The lowest BCUT2D eigenvalue weighted by atomic mass is 10.1. The predicted molar refractivity (Wildman–Crippen MR) is 103 cm³/mol. The Bertz CT molecular complexity index is 1110. The van der Waals surface area contributed by atoms with Gasteiger partial charge in [0.2, 0.25) is 5.75 Å². The van der Waals surface area contributed by atoms with Crippen molar-refractivity contribution in [3.8, 4) is 5.75 Å². The number of nitrogens with zero attached hydrogens (tertiary/aromatic N) is 2. The van der Waals surface area contributed by atoms with E-state index in [0.717, 1.165) is 16.5 Å². The van der Waals surface area contributed by atoms with Gasteiger partial charge in [-0.15, -0.1) is 0 Å². The van der Waals surface area contributed by atoms with Crippen LogP contribution in [0.5, 0.6) is 5.75 Å². The summed E-state index contributed by atoms with van der Waals surface area (Å²) in [5.41, 5.74) is 0.405. The van der Waals surface area contributed by atoms with Crippen molar-refractivity contribution in [2.75, 3.05) is 13.2 Å². The van der Waals surface area contributed by atoms with Gasteiger partial charge in [-0.1, -0.05) is 18.2 Å². The Morgan fingerprint density at radius 2 is 2.18 bits per heavy atom. The van der Waals surface area contributed by atoms with Crippen molar-refractivity contribution >= 4 is 16.8 Å². The molecular weight excluding hydrogens is 360 g/mol. The molecule has 1 aliphatic rings. The van der Waals surface area contributed by atoms with E-state index in [1.165, 1.54) is 4.57 Å². The Balaban J connectivity index is 1.54. The minimum atomic E-state index is -0.815. The monoisotopic (exact) mass is 382 g/mol. The van der Waals surface area contributed by atoms with E-state index in [-0.39, 0.29) is 5.69 Å². The van der Waals surface area contributed by atoms with Crippen molar-refractivity contribution in [3.63, 3.8) is 0 Å². The van der Waals surface area contributed by atoms with Crippen LogP contribution in [-0.4, -0.2) is 38.7 Å². The van der Waals surface area contributed by atoms with Gasteiger partial charge in [-0.2, -0.15) is 0 Å². The maximum absolute atomic E-state index is 12.6. The Kier molecular flexibility index (Phi) is 4.43. The van der Waals surface area contributed by atoms with Crippen molar-refractivity contribution in [1.29, 1.82) is 0 Å². The SMILES string of the molecule is CC1(C)OCCn2c1nc(C(=O)NCCc1c[nH]c3ccccc13)c(O)c2=O. The number of hydrogen-bond acceptors (Lipinski definition) is 5. The summed E-state index contributed by atoms with van der Waals surface area (Å²) < 4.78 is 7.02.